The van der Waals surface area contributed by atoms with Gasteiger partial charge in [0.2, 0.25) is 5.91 Å². The van der Waals surface area contributed by atoms with Crippen LogP contribution in [0.4, 0.5) is 0 Å². The topological polar surface area (TPSA) is 49.8 Å². The number of carbonyl (C=O) groups excluding carboxylic acids is 1. The zero-order valence-electron chi connectivity index (χ0n) is 26.6. The number of likely N-dealkylation sites (tertiary alicyclic amines) is 1. The van der Waals surface area contributed by atoms with Gasteiger partial charge in [-0.3, -0.25) is 4.79 Å². The molecular formula is C35H51Cl2NO3Si. The van der Waals surface area contributed by atoms with Crippen LogP contribution in [-0.2, 0) is 9.22 Å². The minimum absolute atomic E-state index is 0.0215. The number of amides is 1. The van der Waals surface area contributed by atoms with E-state index >= 15 is 0 Å². The summed E-state index contributed by atoms with van der Waals surface area (Å²) in [5, 5.41) is 13.2. The molecule has 0 bridgehead atoms. The summed E-state index contributed by atoms with van der Waals surface area (Å²) >= 11 is 12.8. The molecule has 2 aromatic rings. The zero-order chi connectivity index (χ0) is 31.3. The number of rotatable bonds is 13. The Morgan fingerprint density at radius 2 is 1.79 bits per heavy atom. The van der Waals surface area contributed by atoms with Crippen molar-refractivity contribution in [2.24, 2.45) is 5.41 Å². The van der Waals surface area contributed by atoms with E-state index in [9.17, 15) is 9.90 Å². The van der Waals surface area contributed by atoms with Gasteiger partial charge in [0, 0.05) is 22.6 Å². The molecule has 4 nitrogen and oxygen atoms in total. The van der Waals surface area contributed by atoms with Gasteiger partial charge in [-0.1, -0.05) is 88.2 Å². The van der Waals surface area contributed by atoms with Crippen molar-refractivity contribution in [3.05, 3.63) is 82.4 Å². The van der Waals surface area contributed by atoms with Crippen LogP contribution in [0, 0.1) is 5.41 Å². The number of allylic oxidation sites excluding steroid dienone is 1. The van der Waals surface area contributed by atoms with E-state index in [1.807, 2.05) is 60.4 Å². The average Bonchev–Trinajstić information content (AvgIpc) is 2.91. The number of unbranched alkanes of at least 4 members (excludes halogenated alkanes) is 1. The maximum Gasteiger partial charge on any atom is 0.229 e. The fourth-order valence-electron chi connectivity index (χ4n) is 6.10. The molecule has 7 heteroatoms. The zero-order valence-corrected chi connectivity index (χ0v) is 29.1. The summed E-state index contributed by atoms with van der Waals surface area (Å²) in [6.07, 6.45) is 5.36. The van der Waals surface area contributed by atoms with E-state index in [0.717, 1.165) is 24.0 Å². The molecule has 5 atom stereocenters. The summed E-state index contributed by atoms with van der Waals surface area (Å²) in [4.78, 5) is 16.5. The molecule has 2 aromatic carbocycles. The molecule has 1 fully saturated rings. The number of aliphatic hydroxyl groups is 1. The standard InChI is InChI=1S/C35H51Cl2NO3Si/c1-9-21-35(6)24-29(26-14-13-15-28(37)23-26)32(25-17-19-27(36)20-18-25)38(33(35)40)30(10-2)31(39)16-11-12-22-41-42(7,8)34(3,4)5/h9,13-15,17-20,23,29-32,39H,1,10-12,16,21-22,24H2,2-8H3. The van der Waals surface area contributed by atoms with E-state index in [2.05, 4.69) is 53.4 Å². The smallest absolute Gasteiger partial charge is 0.229 e. The first-order valence-corrected chi connectivity index (χ1v) is 19.1. The molecule has 1 N–H and O–H groups in total. The second-order valence-corrected chi connectivity index (χ2v) is 19.5. The Bertz CT molecular complexity index is 1200. The number of halogens is 2. The molecule has 0 aromatic heterocycles. The van der Waals surface area contributed by atoms with Gasteiger partial charge in [0.15, 0.2) is 8.32 Å². The molecule has 0 spiro atoms. The second-order valence-electron chi connectivity index (χ2n) is 13.8. The summed E-state index contributed by atoms with van der Waals surface area (Å²) in [6, 6.07) is 15.1. The number of aliphatic hydroxyl groups excluding tert-OH is 1. The SMILES string of the molecule is C=CCC1(C)CC(c2cccc(Cl)c2)C(c2ccc(Cl)cc2)N(C(CC)C(O)CCCCO[Si](C)(C)C(C)(C)C)C1=O. The maximum atomic E-state index is 14.5. The normalized spacial score (nSPS) is 23.1. The number of benzene rings is 2. The van der Waals surface area contributed by atoms with Gasteiger partial charge in [-0.25, -0.2) is 0 Å². The van der Waals surface area contributed by atoms with Gasteiger partial charge in [-0.2, -0.15) is 0 Å². The van der Waals surface area contributed by atoms with Gasteiger partial charge in [-0.05, 0) is 92.0 Å². The average molecular weight is 633 g/mol. The van der Waals surface area contributed by atoms with Crippen molar-refractivity contribution in [1.29, 1.82) is 0 Å². The Balaban J connectivity index is 1.95. The molecule has 1 aliphatic heterocycles. The lowest BCUT2D eigenvalue weighted by Crippen LogP contribution is -2.58. The first kappa shape index (κ1) is 34.9. The quantitative estimate of drug-likeness (QED) is 0.136. The van der Waals surface area contributed by atoms with Gasteiger partial charge in [0.1, 0.15) is 0 Å². The second kappa shape index (κ2) is 14.4. The molecular weight excluding hydrogens is 581 g/mol. The van der Waals surface area contributed by atoms with E-state index in [1.165, 1.54) is 0 Å². The predicted octanol–water partition coefficient (Wildman–Crippen LogP) is 9.96. The van der Waals surface area contributed by atoms with Crippen LogP contribution < -0.4 is 0 Å². The van der Waals surface area contributed by atoms with E-state index < -0.39 is 19.8 Å². The molecule has 1 heterocycles. The highest BCUT2D eigenvalue weighted by atomic mass is 35.5. The lowest BCUT2D eigenvalue weighted by Gasteiger charge is -2.53. The summed E-state index contributed by atoms with van der Waals surface area (Å²) in [5.41, 5.74) is 1.44. The van der Waals surface area contributed by atoms with Crippen molar-refractivity contribution in [1.82, 2.24) is 4.90 Å². The number of piperidine rings is 1. The van der Waals surface area contributed by atoms with Crippen molar-refractivity contribution in [2.75, 3.05) is 6.61 Å². The number of hydrogen-bond acceptors (Lipinski definition) is 3. The molecule has 1 amide bonds. The van der Waals surface area contributed by atoms with E-state index in [-0.39, 0.29) is 28.9 Å². The number of nitrogens with zero attached hydrogens (tertiary/aromatic N) is 1. The van der Waals surface area contributed by atoms with E-state index in [1.54, 1.807) is 0 Å². The highest BCUT2D eigenvalue weighted by Crippen LogP contribution is 2.52. The molecule has 0 aliphatic carbocycles. The fraction of sp³-hybridized carbons (Fsp3) is 0.571. The molecule has 0 radical (unpaired) electrons. The van der Waals surface area contributed by atoms with Crippen molar-refractivity contribution in [3.8, 4) is 0 Å². The molecule has 232 valence electrons. The summed E-state index contributed by atoms with van der Waals surface area (Å²) < 4.78 is 6.37. The highest BCUT2D eigenvalue weighted by molar-refractivity contribution is 6.74. The fourth-order valence-corrected chi connectivity index (χ4v) is 7.51. The van der Waals surface area contributed by atoms with Crippen LogP contribution in [0.15, 0.2) is 61.2 Å². The van der Waals surface area contributed by atoms with Crippen LogP contribution in [0.25, 0.3) is 0 Å². The number of hydrogen-bond donors (Lipinski definition) is 1. The Hall–Kier alpha value is -1.63. The van der Waals surface area contributed by atoms with Gasteiger partial charge in [0.05, 0.1) is 23.6 Å². The lowest BCUT2D eigenvalue weighted by atomic mass is 9.66. The van der Waals surface area contributed by atoms with Crippen LogP contribution >= 0.6 is 23.2 Å². The summed E-state index contributed by atoms with van der Waals surface area (Å²) in [7, 11) is -1.81. The lowest BCUT2D eigenvalue weighted by molar-refractivity contribution is -0.158. The Morgan fingerprint density at radius 3 is 2.36 bits per heavy atom. The molecule has 1 aliphatic rings. The Morgan fingerprint density at radius 1 is 1.12 bits per heavy atom. The minimum atomic E-state index is -1.81. The molecule has 5 unspecified atom stereocenters. The van der Waals surface area contributed by atoms with Gasteiger partial charge in [-0.15, -0.1) is 6.58 Å². The third kappa shape index (κ3) is 8.09. The molecule has 1 saturated heterocycles. The summed E-state index contributed by atoms with van der Waals surface area (Å²) in [6.45, 7) is 20.1. The van der Waals surface area contributed by atoms with Crippen molar-refractivity contribution in [3.63, 3.8) is 0 Å². The largest absolute Gasteiger partial charge is 0.417 e. The van der Waals surface area contributed by atoms with Gasteiger partial charge < -0.3 is 14.4 Å². The third-order valence-corrected chi connectivity index (χ3v) is 14.6. The Labute approximate surface area is 265 Å². The van der Waals surface area contributed by atoms with E-state index in [0.29, 0.717) is 42.3 Å². The van der Waals surface area contributed by atoms with Crippen molar-refractivity contribution < 1.29 is 14.3 Å². The van der Waals surface area contributed by atoms with Crippen LogP contribution in [0.5, 0.6) is 0 Å². The molecule has 0 saturated carbocycles. The molecule has 3 rings (SSSR count). The van der Waals surface area contributed by atoms with Crippen LogP contribution in [0.2, 0.25) is 28.2 Å². The van der Waals surface area contributed by atoms with Crippen LogP contribution in [0.1, 0.15) is 96.2 Å². The first-order chi connectivity index (χ1) is 19.6. The Kier molecular flexibility index (Phi) is 12.0. The monoisotopic (exact) mass is 631 g/mol. The van der Waals surface area contributed by atoms with Crippen molar-refractivity contribution in [2.45, 2.75) is 115 Å². The van der Waals surface area contributed by atoms with Crippen LogP contribution in [-0.4, -0.2) is 43.0 Å². The van der Waals surface area contributed by atoms with Crippen LogP contribution in [0.3, 0.4) is 0 Å². The van der Waals surface area contributed by atoms with Gasteiger partial charge >= 0.3 is 0 Å². The van der Waals surface area contributed by atoms with Gasteiger partial charge in [0.25, 0.3) is 0 Å². The van der Waals surface area contributed by atoms with Crippen molar-refractivity contribution >= 4 is 37.4 Å². The predicted molar refractivity (Wildman–Crippen MR) is 180 cm³/mol. The first-order valence-electron chi connectivity index (χ1n) is 15.4. The molecule has 42 heavy (non-hydrogen) atoms. The summed E-state index contributed by atoms with van der Waals surface area (Å²) in [5.74, 6) is 0.0413. The van der Waals surface area contributed by atoms with E-state index in [4.69, 9.17) is 27.6 Å². The third-order valence-electron chi connectivity index (χ3n) is 9.57. The minimum Gasteiger partial charge on any atom is -0.417 e. The maximum absolute atomic E-state index is 14.5. The highest BCUT2D eigenvalue weighted by Gasteiger charge is 2.51. The number of carbonyl (C=O) groups is 1.